The molecule has 1 N–H and O–H groups in total. The quantitative estimate of drug-likeness (QED) is 0.667. The summed E-state index contributed by atoms with van der Waals surface area (Å²) in [5.41, 5.74) is 0.0892. The topological polar surface area (TPSA) is 75.7 Å². The minimum absolute atomic E-state index is 0.208. The monoisotopic (exact) mass is 356 g/mol. The molecule has 0 spiro atoms. The Labute approximate surface area is 153 Å². The van der Waals surface area contributed by atoms with Crippen LogP contribution in [0.5, 0.6) is 0 Å². The number of nitrogens with zero attached hydrogens (tertiary/aromatic N) is 1. The van der Waals surface area contributed by atoms with E-state index in [0.29, 0.717) is 17.8 Å². The first-order valence-corrected chi connectivity index (χ1v) is 8.92. The van der Waals surface area contributed by atoms with E-state index in [1.54, 1.807) is 45.0 Å². The lowest BCUT2D eigenvalue weighted by atomic mass is 9.94. The van der Waals surface area contributed by atoms with Crippen LogP contribution in [0, 0.1) is 5.92 Å². The molecule has 26 heavy (non-hydrogen) atoms. The summed E-state index contributed by atoms with van der Waals surface area (Å²) in [5, 5.41) is 2.82. The fraction of sp³-hybridized carbons (Fsp3) is 0.450. The zero-order chi connectivity index (χ0) is 18.9. The average Bonchev–Trinajstić information content (AvgIpc) is 2.62. The highest BCUT2D eigenvalue weighted by atomic mass is 16.5. The van der Waals surface area contributed by atoms with Gasteiger partial charge >= 0.3 is 5.97 Å². The van der Waals surface area contributed by atoms with Gasteiger partial charge in [0.15, 0.2) is 6.10 Å². The maximum atomic E-state index is 13.1. The summed E-state index contributed by atoms with van der Waals surface area (Å²) >= 11 is 0. The Hall–Kier alpha value is -2.63. The van der Waals surface area contributed by atoms with Crippen LogP contribution < -0.4 is 10.2 Å². The number of carbonyl (C=O) groups excluding carboxylic acids is 3. The van der Waals surface area contributed by atoms with Crippen LogP contribution in [0.15, 0.2) is 36.4 Å². The minimum atomic E-state index is -1.08. The van der Waals surface area contributed by atoms with Crippen LogP contribution in [0.3, 0.4) is 0 Å². The molecule has 2 amide bonds. The molecule has 0 radical (unpaired) electrons. The number of ether oxygens (including phenoxy) is 1. The summed E-state index contributed by atoms with van der Waals surface area (Å²) in [4.78, 5) is 39.4. The highest BCUT2D eigenvalue weighted by Crippen LogP contribution is 2.37. The number of rotatable bonds is 3. The first kappa shape index (κ1) is 18.2. The van der Waals surface area contributed by atoms with Gasteiger partial charge in [0, 0.05) is 0 Å². The predicted octanol–water partition coefficient (Wildman–Crippen LogP) is 3.04. The van der Waals surface area contributed by atoms with Crippen molar-refractivity contribution in [1.82, 2.24) is 0 Å². The lowest BCUT2D eigenvalue weighted by Gasteiger charge is -2.42. The van der Waals surface area contributed by atoms with Gasteiger partial charge in [0.05, 0.1) is 17.3 Å². The maximum absolute atomic E-state index is 13.1. The molecular weight excluding hydrogens is 332 g/mol. The number of esters is 1. The van der Waals surface area contributed by atoms with E-state index in [-0.39, 0.29) is 17.8 Å². The van der Waals surface area contributed by atoms with Gasteiger partial charge in [-0.25, -0.2) is 0 Å². The largest absolute Gasteiger partial charge is 0.452 e. The SMILES string of the molecule is C[C@H](OC(=O)[C@H]1CC=CCC1)C(=O)N1c2ccccc2NC(=O)C1(C)C. The van der Waals surface area contributed by atoms with E-state index in [2.05, 4.69) is 5.32 Å². The molecule has 1 aliphatic heterocycles. The number of carbonyl (C=O) groups is 3. The zero-order valence-corrected chi connectivity index (χ0v) is 15.3. The Morgan fingerprint density at radius 3 is 2.69 bits per heavy atom. The summed E-state index contributed by atoms with van der Waals surface area (Å²) < 4.78 is 5.45. The third kappa shape index (κ3) is 3.23. The maximum Gasteiger partial charge on any atom is 0.310 e. The molecule has 1 heterocycles. The summed E-state index contributed by atoms with van der Waals surface area (Å²) in [7, 11) is 0. The van der Waals surface area contributed by atoms with Crippen molar-refractivity contribution in [1.29, 1.82) is 0 Å². The van der Waals surface area contributed by atoms with E-state index in [0.717, 1.165) is 12.8 Å². The molecule has 1 aliphatic carbocycles. The van der Waals surface area contributed by atoms with Crippen molar-refractivity contribution in [2.24, 2.45) is 5.92 Å². The number of amides is 2. The summed E-state index contributed by atoms with van der Waals surface area (Å²) in [6.07, 6.45) is 5.26. The van der Waals surface area contributed by atoms with Crippen LogP contribution in [0.2, 0.25) is 0 Å². The standard InChI is InChI=1S/C20H24N2O4/c1-13(26-18(24)14-9-5-4-6-10-14)17(23)22-16-12-8-7-11-15(16)21-19(25)20(22,2)3/h4-5,7-8,11-14H,6,9-10H2,1-3H3,(H,21,25)/t13-,14-/m0/s1. The van der Waals surface area contributed by atoms with Crippen LogP contribution in [-0.2, 0) is 19.1 Å². The first-order valence-electron chi connectivity index (χ1n) is 8.92. The number of anilines is 2. The molecule has 0 saturated heterocycles. The number of para-hydroxylation sites is 2. The minimum Gasteiger partial charge on any atom is -0.452 e. The first-order chi connectivity index (χ1) is 12.3. The Balaban J connectivity index is 1.82. The summed E-state index contributed by atoms with van der Waals surface area (Å²) in [6.45, 7) is 4.91. The number of benzene rings is 1. The Morgan fingerprint density at radius 2 is 2.00 bits per heavy atom. The van der Waals surface area contributed by atoms with Crippen molar-refractivity contribution in [3.8, 4) is 0 Å². The molecule has 3 rings (SSSR count). The second-order valence-electron chi connectivity index (χ2n) is 7.26. The van der Waals surface area contributed by atoms with E-state index < -0.39 is 17.6 Å². The number of allylic oxidation sites excluding steroid dienone is 2. The average molecular weight is 356 g/mol. The molecule has 0 aromatic heterocycles. The molecule has 6 heteroatoms. The van der Waals surface area contributed by atoms with E-state index in [1.807, 2.05) is 12.2 Å². The Bertz CT molecular complexity index is 769. The lowest BCUT2D eigenvalue weighted by Crippen LogP contribution is -2.60. The zero-order valence-electron chi connectivity index (χ0n) is 15.3. The smallest absolute Gasteiger partial charge is 0.310 e. The molecule has 0 fully saturated rings. The van der Waals surface area contributed by atoms with Crippen LogP contribution >= 0.6 is 0 Å². The van der Waals surface area contributed by atoms with Crippen LogP contribution in [-0.4, -0.2) is 29.4 Å². The van der Waals surface area contributed by atoms with Crippen molar-refractivity contribution in [2.75, 3.05) is 10.2 Å². The fourth-order valence-corrected chi connectivity index (χ4v) is 3.36. The van der Waals surface area contributed by atoms with Crippen LogP contribution in [0.1, 0.15) is 40.0 Å². The Kier molecular flexibility index (Phi) is 4.85. The fourth-order valence-electron chi connectivity index (χ4n) is 3.36. The molecule has 1 aromatic rings. The van der Waals surface area contributed by atoms with Gasteiger partial charge in [0.25, 0.3) is 5.91 Å². The van der Waals surface area contributed by atoms with Gasteiger partial charge in [-0.05, 0) is 52.2 Å². The second kappa shape index (κ2) is 6.94. The number of hydrogen-bond acceptors (Lipinski definition) is 4. The van der Waals surface area contributed by atoms with E-state index in [4.69, 9.17) is 4.74 Å². The lowest BCUT2D eigenvalue weighted by molar-refractivity contribution is -0.158. The molecule has 0 bridgehead atoms. The van der Waals surface area contributed by atoms with Crippen molar-refractivity contribution in [3.63, 3.8) is 0 Å². The molecule has 1 aromatic carbocycles. The molecule has 2 aliphatic rings. The molecule has 6 nitrogen and oxygen atoms in total. The molecule has 2 atom stereocenters. The number of hydrogen-bond donors (Lipinski definition) is 1. The van der Waals surface area contributed by atoms with Crippen molar-refractivity contribution in [2.45, 2.75) is 51.7 Å². The van der Waals surface area contributed by atoms with Crippen molar-refractivity contribution >= 4 is 29.2 Å². The highest BCUT2D eigenvalue weighted by molar-refractivity contribution is 6.15. The normalized spacial score (nSPS) is 22.2. The van der Waals surface area contributed by atoms with Gasteiger partial charge in [-0.15, -0.1) is 0 Å². The van der Waals surface area contributed by atoms with Crippen LogP contribution in [0.25, 0.3) is 0 Å². The number of nitrogens with one attached hydrogen (secondary N) is 1. The van der Waals surface area contributed by atoms with Gasteiger partial charge in [-0.3, -0.25) is 19.3 Å². The van der Waals surface area contributed by atoms with Gasteiger partial charge in [0.2, 0.25) is 5.91 Å². The molecule has 138 valence electrons. The number of fused-ring (bicyclic) bond motifs is 1. The second-order valence-corrected chi connectivity index (χ2v) is 7.26. The predicted molar refractivity (Wildman–Crippen MR) is 98.7 cm³/mol. The van der Waals surface area contributed by atoms with Gasteiger partial charge < -0.3 is 10.1 Å². The third-order valence-electron chi connectivity index (χ3n) is 4.97. The van der Waals surface area contributed by atoms with E-state index in [1.165, 1.54) is 4.90 Å². The summed E-state index contributed by atoms with van der Waals surface area (Å²) in [6, 6.07) is 7.11. The van der Waals surface area contributed by atoms with Crippen LogP contribution in [0.4, 0.5) is 11.4 Å². The van der Waals surface area contributed by atoms with Gasteiger partial charge in [-0.1, -0.05) is 24.3 Å². The van der Waals surface area contributed by atoms with Gasteiger partial charge in [-0.2, -0.15) is 0 Å². The van der Waals surface area contributed by atoms with Gasteiger partial charge in [0.1, 0.15) is 5.54 Å². The highest BCUT2D eigenvalue weighted by Gasteiger charge is 2.45. The van der Waals surface area contributed by atoms with Crippen molar-refractivity contribution < 1.29 is 19.1 Å². The van der Waals surface area contributed by atoms with Crippen molar-refractivity contribution in [3.05, 3.63) is 36.4 Å². The van der Waals surface area contributed by atoms with E-state index in [9.17, 15) is 14.4 Å². The van der Waals surface area contributed by atoms with E-state index >= 15 is 0 Å². The summed E-state index contributed by atoms with van der Waals surface area (Å²) in [5.74, 6) is -1.25. The molecule has 0 saturated carbocycles. The molecular formula is C20H24N2O4. The Morgan fingerprint density at radius 1 is 1.27 bits per heavy atom. The third-order valence-corrected chi connectivity index (χ3v) is 4.97. The molecule has 0 unspecified atom stereocenters.